The van der Waals surface area contributed by atoms with Crippen molar-refractivity contribution in [1.29, 1.82) is 0 Å². The van der Waals surface area contributed by atoms with E-state index in [-0.39, 0.29) is 29.4 Å². The van der Waals surface area contributed by atoms with Crippen LogP contribution in [0.1, 0.15) is 46.5 Å². The Morgan fingerprint density at radius 2 is 1.95 bits per heavy atom. The van der Waals surface area contributed by atoms with Gasteiger partial charge in [-0.1, -0.05) is 6.92 Å². The van der Waals surface area contributed by atoms with Crippen LogP contribution in [0.25, 0.3) is 0 Å². The molecule has 4 atom stereocenters. The average Bonchev–Trinajstić information content (AvgIpc) is 2.74. The van der Waals surface area contributed by atoms with Gasteiger partial charge in [-0.3, -0.25) is 14.4 Å². The van der Waals surface area contributed by atoms with Crippen molar-refractivity contribution in [1.82, 2.24) is 0 Å². The van der Waals surface area contributed by atoms with E-state index in [0.29, 0.717) is 25.7 Å². The first-order valence-electron chi connectivity index (χ1n) is 6.84. The van der Waals surface area contributed by atoms with Gasteiger partial charge in [0.25, 0.3) is 0 Å². The summed E-state index contributed by atoms with van der Waals surface area (Å²) in [4.78, 5) is 35.6. The van der Waals surface area contributed by atoms with Gasteiger partial charge in [0.05, 0.1) is 12.5 Å². The summed E-state index contributed by atoms with van der Waals surface area (Å²) in [5.41, 5.74) is -1.08. The summed E-state index contributed by atoms with van der Waals surface area (Å²) in [6.07, 6.45) is 2.15. The highest BCUT2D eigenvalue weighted by atomic mass is 16.5. The number of hydrogen-bond acceptors (Lipinski definition) is 4. The van der Waals surface area contributed by atoms with Gasteiger partial charge in [0.2, 0.25) is 0 Å². The lowest BCUT2D eigenvalue weighted by Crippen LogP contribution is -2.34. The van der Waals surface area contributed by atoms with E-state index in [1.54, 1.807) is 0 Å². The zero-order valence-electron chi connectivity index (χ0n) is 12.1. The molecule has 2 saturated carbocycles. The Labute approximate surface area is 113 Å². The molecule has 0 aromatic rings. The Hall–Kier alpha value is -1.19. The number of carbonyl (C=O) groups is 3. The Bertz CT molecular complexity index is 441. The second-order valence-electron chi connectivity index (χ2n) is 6.75. The first-order valence-corrected chi connectivity index (χ1v) is 6.84. The highest BCUT2D eigenvalue weighted by Gasteiger charge is 2.60. The smallest absolute Gasteiger partial charge is 0.311 e. The molecule has 0 heterocycles. The molecule has 0 saturated heterocycles. The van der Waals surface area contributed by atoms with E-state index in [1.807, 2.05) is 13.8 Å². The first kappa shape index (κ1) is 14.2. The van der Waals surface area contributed by atoms with Crippen LogP contribution in [0.15, 0.2) is 0 Å². The molecule has 2 fully saturated rings. The Balaban J connectivity index is 2.25. The lowest BCUT2D eigenvalue weighted by Gasteiger charge is -2.30. The molecule has 19 heavy (non-hydrogen) atoms. The van der Waals surface area contributed by atoms with Crippen LogP contribution < -0.4 is 0 Å². The number of ether oxygens (including phenoxy) is 1. The molecule has 0 spiro atoms. The fourth-order valence-corrected chi connectivity index (χ4v) is 4.25. The molecular weight excluding hydrogens is 244 g/mol. The maximum atomic E-state index is 12.2. The Morgan fingerprint density at radius 3 is 2.47 bits per heavy atom. The van der Waals surface area contributed by atoms with E-state index in [2.05, 4.69) is 0 Å². The predicted octanol–water partition coefficient (Wildman–Crippen LogP) is 2.15. The maximum Gasteiger partial charge on any atom is 0.311 e. The molecule has 2 rings (SSSR count). The topological polar surface area (TPSA) is 60.4 Å². The largest absolute Gasteiger partial charge is 0.469 e. The van der Waals surface area contributed by atoms with Crippen LogP contribution in [0, 0.1) is 22.7 Å². The number of ketones is 2. The minimum Gasteiger partial charge on any atom is -0.469 e. The highest BCUT2D eigenvalue weighted by molar-refractivity contribution is 5.93. The second kappa shape index (κ2) is 4.43. The second-order valence-corrected chi connectivity index (χ2v) is 6.75. The van der Waals surface area contributed by atoms with E-state index in [1.165, 1.54) is 14.0 Å². The van der Waals surface area contributed by atoms with Crippen LogP contribution in [0.3, 0.4) is 0 Å². The molecule has 0 N–H and O–H groups in total. The summed E-state index contributed by atoms with van der Waals surface area (Å²) in [6, 6.07) is 0. The predicted molar refractivity (Wildman–Crippen MR) is 69.4 cm³/mol. The molecule has 2 aliphatic rings. The molecule has 0 radical (unpaired) electrons. The molecule has 0 aromatic heterocycles. The molecule has 0 aromatic carbocycles. The van der Waals surface area contributed by atoms with E-state index < -0.39 is 10.8 Å². The summed E-state index contributed by atoms with van der Waals surface area (Å²) < 4.78 is 4.89. The van der Waals surface area contributed by atoms with Crippen LogP contribution in [-0.2, 0) is 19.1 Å². The van der Waals surface area contributed by atoms with Crippen molar-refractivity contribution in [3.63, 3.8) is 0 Å². The Morgan fingerprint density at radius 1 is 1.32 bits per heavy atom. The summed E-state index contributed by atoms with van der Waals surface area (Å²) in [7, 11) is 1.40. The normalized spacial score (nSPS) is 41.2. The number of hydrogen-bond donors (Lipinski definition) is 0. The zero-order valence-corrected chi connectivity index (χ0v) is 12.1. The standard InChI is InChI=1S/C15H22O4/c1-9(16)6-15(3)11-8-14(2,13(18)19-4)7-10(11)5-12(15)17/h10-11H,5-8H2,1-4H3/t10-,11+,14-,15-/m0/s1. The quantitative estimate of drug-likeness (QED) is 0.734. The summed E-state index contributed by atoms with van der Waals surface area (Å²) in [5, 5.41) is 0. The summed E-state index contributed by atoms with van der Waals surface area (Å²) in [5.74, 6) is 0.390. The van der Waals surface area contributed by atoms with E-state index in [9.17, 15) is 14.4 Å². The molecular formula is C15H22O4. The van der Waals surface area contributed by atoms with E-state index in [4.69, 9.17) is 4.74 Å². The van der Waals surface area contributed by atoms with Crippen LogP contribution in [0.2, 0.25) is 0 Å². The average molecular weight is 266 g/mol. The third kappa shape index (κ3) is 2.11. The third-order valence-electron chi connectivity index (χ3n) is 5.15. The number of Topliss-reactive ketones (excluding diaryl/α,β-unsaturated/α-hetero) is 2. The van der Waals surface area contributed by atoms with Crippen LogP contribution in [-0.4, -0.2) is 24.6 Å². The monoisotopic (exact) mass is 266 g/mol. The Kier molecular flexibility index (Phi) is 3.31. The van der Waals surface area contributed by atoms with Gasteiger partial charge in [-0.15, -0.1) is 0 Å². The molecule has 0 bridgehead atoms. The van der Waals surface area contributed by atoms with E-state index >= 15 is 0 Å². The van der Waals surface area contributed by atoms with Crippen LogP contribution in [0.4, 0.5) is 0 Å². The molecule has 106 valence electrons. The summed E-state index contributed by atoms with van der Waals surface area (Å²) >= 11 is 0. The molecule has 0 amide bonds. The number of esters is 1. The number of carbonyl (C=O) groups excluding carboxylic acids is 3. The minimum atomic E-state index is -0.581. The van der Waals surface area contributed by atoms with Gasteiger partial charge in [-0.05, 0) is 38.5 Å². The fraction of sp³-hybridized carbons (Fsp3) is 0.800. The third-order valence-corrected chi connectivity index (χ3v) is 5.15. The van der Waals surface area contributed by atoms with Crippen LogP contribution >= 0.6 is 0 Å². The lowest BCUT2D eigenvalue weighted by atomic mass is 9.72. The van der Waals surface area contributed by atoms with Crippen molar-refractivity contribution in [2.75, 3.05) is 7.11 Å². The lowest BCUT2D eigenvalue weighted by molar-refractivity contribution is -0.152. The van der Waals surface area contributed by atoms with Gasteiger partial charge in [0.15, 0.2) is 0 Å². The molecule has 2 aliphatic carbocycles. The molecule has 0 aliphatic heterocycles. The maximum absolute atomic E-state index is 12.2. The number of rotatable bonds is 3. The van der Waals surface area contributed by atoms with Crippen molar-refractivity contribution >= 4 is 17.5 Å². The van der Waals surface area contributed by atoms with Gasteiger partial charge in [-0.25, -0.2) is 0 Å². The molecule has 0 unspecified atom stereocenters. The van der Waals surface area contributed by atoms with Gasteiger partial charge in [0.1, 0.15) is 11.6 Å². The zero-order chi connectivity index (χ0) is 14.4. The van der Waals surface area contributed by atoms with Crippen molar-refractivity contribution in [3.8, 4) is 0 Å². The van der Waals surface area contributed by atoms with Gasteiger partial charge in [-0.2, -0.15) is 0 Å². The first-order chi connectivity index (χ1) is 8.73. The minimum absolute atomic E-state index is 0.0446. The van der Waals surface area contributed by atoms with Crippen molar-refractivity contribution in [3.05, 3.63) is 0 Å². The number of fused-ring (bicyclic) bond motifs is 1. The van der Waals surface area contributed by atoms with E-state index in [0.717, 1.165) is 0 Å². The SMILES string of the molecule is COC(=O)[C@@]1(C)C[C@@H]2CC(=O)[C@@](C)(CC(C)=O)[C@@H]2C1. The van der Waals surface area contributed by atoms with Crippen molar-refractivity contribution < 1.29 is 19.1 Å². The van der Waals surface area contributed by atoms with Crippen molar-refractivity contribution in [2.45, 2.75) is 46.5 Å². The molecule has 4 heteroatoms. The van der Waals surface area contributed by atoms with Gasteiger partial charge in [0, 0.05) is 18.3 Å². The molecule has 4 nitrogen and oxygen atoms in total. The van der Waals surface area contributed by atoms with Crippen LogP contribution in [0.5, 0.6) is 0 Å². The van der Waals surface area contributed by atoms with Gasteiger partial charge >= 0.3 is 5.97 Å². The fourth-order valence-electron chi connectivity index (χ4n) is 4.25. The van der Waals surface area contributed by atoms with Gasteiger partial charge < -0.3 is 4.74 Å². The highest BCUT2D eigenvalue weighted by Crippen LogP contribution is 2.60. The number of methoxy groups -OCH3 is 1. The van der Waals surface area contributed by atoms with Crippen molar-refractivity contribution in [2.24, 2.45) is 22.7 Å². The summed E-state index contributed by atoms with van der Waals surface area (Å²) in [6.45, 7) is 5.33.